The van der Waals surface area contributed by atoms with E-state index in [0.717, 1.165) is 15.7 Å². The summed E-state index contributed by atoms with van der Waals surface area (Å²) in [5, 5.41) is 16.0. The van der Waals surface area contributed by atoms with Crippen molar-refractivity contribution in [1.29, 1.82) is 0 Å². The zero-order valence-electron chi connectivity index (χ0n) is 13.0. The maximum absolute atomic E-state index is 12.3. The first-order valence-electron chi connectivity index (χ1n) is 7.22. The number of nitrogens with zero attached hydrogens (tertiary/aromatic N) is 2. The van der Waals surface area contributed by atoms with Crippen molar-refractivity contribution in [2.75, 3.05) is 5.32 Å². The van der Waals surface area contributed by atoms with Crippen molar-refractivity contribution in [1.82, 2.24) is 4.98 Å². The fraction of sp³-hybridized carbons (Fsp3) is 0.0588. The van der Waals surface area contributed by atoms with Gasteiger partial charge in [-0.2, -0.15) is 0 Å². The lowest BCUT2D eigenvalue weighted by Gasteiger charge is -2.03. The number of amides is 1. The average molecular weight is 418 g/mol. The molecule has 1 amide bonds. The van der Waals surface area contributed by atoms with Crippen LogP contribution in [0.5, 0.6) is 0 Å². The Hall–Kier alpha value is -2.58. The van der Waals surface area contributed by atoms with Crippen LogP contribution in [0.2, 0.25) is 0 Å². The molecule has 0 bridgehead atoms. The van der Waals surface area contributed by atoms with Gasteiger partial charge in [0, 0.05) is 32.6 Å². The van der Waals surface area contributed by atoms with Gasteiger partial charge in [-0.3, -0.25) is 20.2 Å². The van der Waals surface area contributed by atoms with Crippen molar-refractivity contribution in [3.63, 3.8) is 0 Å². The first-order chi connectivity index (χ1) is 11.9. The van der Waals surface area contributed by atoms with Crippen LogP contribution in [0.15, 0.2) is 52.3 Å². The molecular weight excluding hydrogens is 406 g/mol. The molecule has 0 unspecified atom stereocenters. The number of halogens is 1. The second kappa shape index (κ2) is 7.12. The predicted molar refractivity (Wildman–Crippen MR) is 101 cm³/mol. The van der Waals surface area contributed by atoms with E-state index >= 15 is 0 Å². The van der Waals surface area contributed by atoms with Crippen LogP contribution in [0.1, 0.15) is 15.9 Å². The van der Waals surface area contributed by atoms with Gasteiger partial charge in [0.2, 0.25) is 0 Å². The SMILES string of the molecule is Cc1ccc(C(=O)Nc2nc(-c3cccc(Br)c3)cs2)cc1[N+](=O)[O-]. The average Bonchev–Trinajstić information content (AvgIpc) is 3.03. The fourth-order valence-corrected chi connectivity index (χ4v) is 3.34. The van der Waals surface area contributed by atoms with Crippen LogP contribution in [0.25, 0.3) is 11.3 Å². The molecular formula is C17H12BrN3O3S. The highest BCUT2D eigenvalue weighted by atomic mass is 79.9. The van der Waals surface area contributed by atoms with Gasteiger partial charge in [0.25, 0.3) is 11.6 Å². The molecule has 0 saturated heterocycles. The number of nitro benzene ring substituents is 1. The van der Waals surface area contributed by atoms with E-state index in [-0.39, 0.29) is 11.3 Å². The van der Waals surface area contributed by atoms with Crippen LogP contribution >= 0.6 is 27.3 Å². The predicted octanol–water partition coefficient (Wildman–Crippen LogP) is 5.04. The van der Waals surface area contributed by atoms with Crippen molar-refractivity contribution in [3.05, 3.63) is 73.6 Å². The quantitative estimate of drug-likeness (QED) is 0.475. The van der Waals surface area contributed by atoms with Crippen molar-refractivity contribution < 1.29 is 9.72 Å². The Balaban J connectivity index is 1.80. The molecule has 25 heavy (non-hydrogen) atoms. The third-order valence-electron chi connectivity index (χ3n) is 3.51. The molecule has 1 aromatic heterocycles. The van der Waals surface area contributed by atoms with Gasteiger partial charge in [0.05, 0.1) is 10.6 Å². The number of thiazole rings is 1. The second-order valence-corrected chi connectivity index (χ2v) is 7.03. The molecule has 0 radical (unpaired) electrons. The topological polar surface area (TPSA) is 85.1 Å². The van der Waals surface area contributed by atoms with Gasteiger partial charge in [-0.05, 0) is 25.1 Å². The number of aromatic nitrogens is 1. The molecule has 0 saturated carbocycles. The molecule has 0 fully saturated rings. The largest absolute Gasteiger partial charge is 0.298 e. The van der Waals surface area contributed by atoms with E-state index in [0.29, 0.717) is 10.7 Å². The molecule has 0 atom stereocenters. The van der Waals surface area contributed by atoms with Crippen LogP contribution in [-0.2, 0) is 0 Å². The number of carbonyl (C=O) groups is 1. The summed E-state index contributed by atoms with van der Waals surface area (Å²) in [6.45, 7) is 1.63. The molecule has 1 N–H and O–H groups in total. The number of hydrogen-bond acceptors (Lipinski definition) is 5. The standard InChI is InChI=1S/C17H12BrN3O3S/c1-10-5-6-12(8-15(10)21(23)24)16(22)20-17-19-14(9-25-17)11-3-2-4-13(18)7-11/h2-9H,1H3,(H,19,20,22). The summed E-state index contributed by atoms with van der Waals surface area (Å²) in [5.74, 6) is -0.432. The number of nitrogens with one attached hydrogen (secondary N) is 1. The number of hydrogen-bond donors (Lipinski definition) is 1. The Bertz CT molecular complexity index is 971. The van der Waals surface area contributed by atoms with Gasteiger partial charge in [-0.25, -0.2) is 4.98 Å². The number of rotatable bonds is 4. The summed E-state index contributed by atoms with van der Waals surface area (Å²) >= 11 is 4.71. The van der Waals surface area contributed by atoms with Crippen LogP contribution in [-0.4, -0.2) is 15.8 Å². The van der Waals surface area contributed by atoms with Crippen LogP contribution in [0.3, 0.4) is 0 Å². The second-order valence-electron chi connectivity index (χ2n) is 5.26. The Morgan fingerprint density at radius 2 is 2.08 bits per heavy atom. The van der Waals surface area contributed by atoms with Crippen LogP contribution in [0, 0.1) is 17.0 Å². The molecule has 2 aromatic carbocycles. The number of nitro groups is 1. The Kier molecular flexibility index (Phi) is 4.91. The first kappa shape index (κ1) is 17.2. The van der Waals surface area contributed by atoms with Crippen molar-refractivity contribution in [2.24, 2.45) is 0 Å². The smallest absolute Gasteiger partial charge is 0.273 e. The van der Waals surface area contributed by atoms with Crippen molar-refractivity contribution >= 4 is 44.0 Å². The monoisotopic (exact) mass is 417 g/mol. The molecule has 6 nitrogen and oxygen atoms in total. The summed E-state index contributed by atoms with van der Waals surface area (Å²) in [7, 11) is 0. The number of carbonyl (C=O) groups excluding carboxylic acids is 1. The van der Waals surface area contributed by atoms with Gasteiger partial charge in [-0.15, -0.1) is 11.3 Å². The molecule has 0 spiro atoms. The number of aryl methyl sites for hydroxylation is 1. The summed E-state index contributed by atoms with van der Waals surface area (Å²) in [6.07, 6.45) is 0. The summed E-state index contributed by atoms with van der Waals surface area (Å²) in [6, 6.07) is 12.1. The van der Waals surface area contributed by atoms with E-state index in [9.17, 15) is 14.9 Å². The summed E-state index contributed by atoms with van der Waals surface area (Å²) in [4.78, 5) is 27.2. The summed E-state index contributed by atoms with van der Waals surface area (Å²) < 4.78 is 0.940. The Morgan fingerprint density at radius 1 is 1.28 bits per heavy atom. The Labute approximate surface area is 155 Å². The highest BCUT2D eigenvalue weighted by Gasteiger charge is 2.16. The maximum atomic E-state index is 12.3. The lowest BCUT2D eigenvalue weighted by Crippen LogP contribution is -2.12. The molecule has 1 heterocycles. The molecule has 126 valence electrons. The lowest BCUT2D eigenvalue weighted by molar-refractivity contribution is -0.385. The van der Waals surface area contributed by atoms with Gasteiger partial charge in [-0.1, -0.05) is 34.1 Å². The van der Waals surface area contributed by atoms with Crippen molar-refractivity contribution in [2.45, 2.75) is 6.92 Å². The van der Waals surface area contributed by atoms with E-state index in [1.807, 2.05) is 29.6 Å². The Morgan fingerprint density at radius 3 is 2.80 bits per heavy atom. The van der Waals surface area contributed by atoms with E-state index in [4.69, 9.17) is 0 Å². The highest BCUT2D eigenvalue weighted by Crippen LogP contribution is 2.27. The van der Waals surface area contributed by atoms with E-state index < -0.39 is 10.8 Å². The third kappa shape index (κ3) is 3.92. The lowest BCUT2D eigenvalue weighted by atomic mass is 10.1. The molecule has 0 aliphatic carbocycles. The molecule has 8 heteroatoms. The highest BCUT2D eigenvalue weighted by molar-refractivity contribution is 9.10. The number of anilines is 1. The fourth-order valence-electron chi connectivity index (χ4n) is 2.23. The third-order valence-corrected chi connectivity index (χ3v) is 4.76. The summed E-state index contributed by atoms with van der Waals surface area (Å²) in [5.41, 5.74) is 2.32. The van der Waals surface area contributed by atoms with Gasteiger partial charge in [0.15, 0.2) is 5.13 Å². The van der Waals surface area contributed by atoms with E-state index in [1.54, 1.807) is 19.1 Å². The molecule has 3 aromatic rings. The minimum absolute atomic E-state index is 0.0818. The minimum atomic E-state index is -0.499. The molecule has 0 aliphatic heterocycles. The van der Waals surface area contributed by atoms with Crippen molar-refractivity contribution in [3.8, 4) is 11.3 Å². The van der Waals surface area contributed by atoms with Crippen LogP contribution in [0.4, 0.5) is 10.8 Å². The van der Waals surface area contributed by atoms with E-state index in [1.165, 1.54) is 17.4 Å². The normalized spacial score (nSPS) is 10.5. The van der Waals surface area contributed by atoms with Gasteiger partial charge < -0.3 is 0 Å². The van der Waals surface area contributed by atoms with Gasteiger partial charge in [0.1, 0.15) is 0 Å². The molecule has 0 aliphatic rings. The number of benzene rings is 2. The van der Waals surface area contributed by atoms with Crippen LogP contribution < -0.4 is 5.32 Å². The molecule has 3 rings (SSSR count). The first-order valence-corrected chi connectivity index (χ1v) is 8.89. The maximum Gasteiger partial charge on any atom is 0.273 e. The minimum Gasteiger partial charge on any atom is -0.298 e. The zero-order valence-corrected chi connectivity index (χ0v) is 15.4. The van der Waals surface area contributed by atoms with E-state index in [2.05, 4.69) is 26.2 Å². The zero-order chi connectivity index (χ0) is 18.0. The van der Waals surface area contributed by atoms with Gasteiger partial charge >= 0.3 is 0 Å².